The number of nitrogens with one attached hydrogen (secondary N) is 1. The van der Waals surface area contributed by atoms with Crippen LogP contribution in [-0.2, 0) is 4.74 Å². The Morgan fingerprint density at radius 3 is 2.95 bits per heavy atom. The summed E-state index contributed by atoms with van der Waals surface area (Å²) in [5.74, 6) is 0.0598. The van der Waals surface area contributed by atoms with Crippen LogP contribution in [0.15, 0.2) is 17.1 Å². The monoisotopic (exact) mass is 271 g/mol. The molecule has 1 aromatic heterocycles. The Morgan fingerprint density at radius 1 is 1.53 bits per heavy atom. The SMILES string of the molecule is O=c1nc(NO)ccn1C1CO[C@H](CO)C[C@@H](O)C1. The number of nitrogens with zero attached hydrogens (tertiary/aromatic N) is 2. The maximum absolute atomic E-state index is 11.8. The van der Waals surface area contributed by atoms with Crippen molar-refractivity contribution >= 4 is 5.82 Å². The van der Waals surface area contributed by atoms with Crippen molar-refractivity contribution in [2.24, 2.45) is 0 Å². The zero-order chi connectivity index (χ0) is 13.8. The number of anilines is 1. The Bertz CT molecular complexity index is 478. The van der Waals surface area contributed by atoms with Crippen molar-refractivity contribution in [3.63, 3.8) is 0 Å². The van der Waals surface area contributed by atoms with Gasteiger partial charge in [0.25, 0.3) is 0 Å². The Morgan fingerprint density at radius 2 is 2.32 bits per heavy atom. The van der Waals surface area contributed by atoms with Gasteiger partial charge in [-0.3, -0.25) is 15.3 Å². The molecule has 1 aliphatic heterocycles. The normalized spacial score (nSPS) is 27.8. The molecule has 0 saturated carbocycles. The summed E-state index contributed by atoms with van der Waals surface area (Å²) in [6, 6.07) is 1.10. The van der Waals surface area contributed by atoms with Gasteiger partial charge < -0.3 is 14.9 Å². The first-order valence-electron chi connectivity index (χ1n) is 6.04. The van der Waals surface area contributed by atoms with Gasteiger partial charge >= 0.3 is 5.69 Å². The van der Waals surface area contributed by atoms with Crippen molar-refractivity contribution in [2.45, 2.75) is 31.1 Å². The van der Waals surface area contributed by atoms with Crippen molar-refractivity contribution in [2.75, 3.05) is 18.7 Å². The van der Waals surface area contributed by atoms with E-state index in [0.717, 1.165) is 0 Å². The van der Waals surface area contributed by atoms with Gasteiger partial charge in [-0.2, -0.15) is 4.98 Å². The van der Waals surface area contributed by atoms with E-state index in [4.69, 9.17) is 15.1 Å². The fraction of sp³-hybridized carbons (Fsp3) is 0.636. The summed E-state index contributed by atoms with van der Waals surface area (Å²) >= 11 is 0. The summed E-state index contributed by atoms with van der Waals surface area (Å²) in [5.41, 5.74) is 1.26. The highest BCUT2D eigenvalue weighted by atomic mass is 16.5. The molecule has 0 amide bonds. The van der Waals surface area contributed by atoms with Gasteiger partial charge in [0.15, 0.2) is 5.82 Å². The van der Waals surface area contributed by atoms with Crippen LogP contribution in [-0.4, -0.2) is 50.4 Å². The van der Waals surface area contributed by atoms with Crippen molar-refractivity contribution < 1.29 is 20.2 Å². The van der Waals surface area contributed by atoms with Crippen LogP contribution in [0.3, 0.4) is 0 Å². The highest BCUT2D eigenvalue weighted by molar-refractivity contribution is 5.28. The van der Waals surface area contributed by atoms with Crippen LogP contribution in [0.5, 0.6) is 0 Å². The average Bonchev–Trinajstić information content (AvgIpc) is 2.60. The molecule has 1 aromatic rings. The fourth-order valence-corrected chi connectivity index (χ4v) is 2.17. The number of rotatable bonds is 3. The third-order valence-corrected chi connectivity index (χ3v) is 3.14. The third-order valence-electron chi connectivity index (χ3n) is 3.14. The van der Waals surface area contributed by atoms with Crippen LogP contribution in [0.4, 0.5) is 5.82 Å². The number of hydrogen-bond acceptors (Lipinski definition) is 7. The van der Waals surface area contributed by atoms with E-state index < -0.39 is 17.9 Å². The molecule has 4 N–H and O–H groups in total. The summed E-state index contributed by atoms with van der Waals surface area (Å²) in [4.78, 5) is 15.4. The second-order valence-corrected chi connectivity index (χ2v) is 4.53. The first-order valence-corrected chi connectivity index (χ1v) is 6.04. The summed E-state index contributed by atoms with van der Waals surface area (Å²) in [5, 5.41) is 27.6. The molecule has 2 heterocycles. The molecule has 19 heavy (non-hydrogen) atoms. The Hall–Kier alpha value is -1.48. The number of hydrogen-bond donors (Lipinski definition) is 4. The molecule has 0 aromatic carbocycles. The smallest absolute Gasteiger partial charge is 0.349 e. The molecule has 0 spiro atoms. The second-order valence-electron chi connectivity index (χ2n) is 4.53. The second kappa shape index (κ2) is 6.11. The van der Waals surface area contributed by atoms with Crippen LogP contribution in [0.25, 0.3) is 0 Å². The van der Waals surface area contributed by atoms with Crippen molar-refractivity contribution in [3.05, 3.63) is 22.7 Å². The van der Waals surface area contributed by atoms with Crippen molar-refractivity contribution in [1.29, 1.82) is 0 Å². The van der Waals surface area contributed by atoms with E-state index in [9.17, 15) is 9.90 Å². The molecule has 106 valence electrons. The number of aliphatic hydroxyl groups excluding tert-OH is 2. The zero-order valence-electron chi connectivity index (χ0n) is 10.3. The molecule has 1 fully saturated rings. The molecule has 1 saturated heterocycles. The molecule has 0 radical (unpaired) electrons. The minimum absolute atomic E-state index is 0.0598. The zero-order valence-corrected chi connectivity index (χ0v) is 10.3. The molecule has 2 rings (SSSR count). The lowest BCUT2D eigenvalue weighted by atomic mass is 10.1. The van der Waals surface area contributed by atoms with E-state index in [1.54, 1.807) is 5.48 Å². The van der Waals surface area contributed by atoms with Gasteiger partial charge in [-0.05, 0) is 12.5 Å². The molecule has 0 aliphatic carbocycles. The molecule has 8 heteroatoms. The third kappa shape index (κ3) is 3.29. The highest BCUT2D eigenvalue weighted by Gasteiger charge is 2.26. The minimum Gasteiger partial charge on any atom is -0.394 e. The van der Waals surface area contributed by atoms with Gasteiger partial charge in [-0.15, -0.1) is 0 Å². The topological polar surface area (TPSA) is 117 Å². The Kier molecular flexibility index (Phi) is 4.48. The van der Waals surface area contributed by atoms with Crippen molar-refractivity contribution in [3.8, 4) is 0 Å². The van der Waals surface area contributed by atoms with Crippen molar-refractivity contribution in [1.82, 2.24) is 9.55 Å². The van der Waals surface area contributed by atoms with Gasteiger partial charge in [-0.1, -0.05) is 0 Å². The molecule has 0 bridgehead atoms. The minimum atomic E-state index is -0.646. The van der Waals surface area contributed by atoms with E-state index in [0.29, 0.717) is 12.8 Å². The Labute approximate surface area is 109 Å². The van der Waals surface area contributed by atoms with Gasteiger partial charge in [0.1, 0.15) is 0 Å². The van der Waals surface area contributed by atoms with Crippen LogP contribution < -0.4 is 11.2 Å². The fourth-order valence-electron chi connectivity index (χ4n) is 2.17. The standard InChI is InChI=1S/C11H17N3O5/c15-5-9-4-8(16)3-7(6-19-9)14-2-1-10(13-18)12-11(14)17/h1-2,7-9,15-16,18H,3-6H2,(H,12,13,17)/t7?,8-,9-/m0/s1. The molecule has 8 nitrogen and oxygen atoms in total. The molecule has 1 aliphatic rings. The lowest BCUT2D eigenvalue weighted by Crippen LogP contribution is -2.30. The van der Waals surface area contributed by atoms with Gasteiger partial charge in [0.2, 0.25) is 0 Å². The van der Waals surface area contributed by atoms with E-state index >= 15 is 0 Å². The number of aromatic nitrogens is 2. The summed E-state index contributed by atoms with van der Waals surface area (Å²) in [6.45, 7) is 0.0556. The predicted octanol–water partition coefficient (Wildman–Crippen LogP) is -0.882. The molecular weight excluding hydrogens is 254 g/mol. The quantitative estimate of drug-likeness (QED) is 0.527. The van der Waals surface area contributed by atoms with Gasteiger partial charge in [0.05, 0.1) is 31.5 Å². The van der Waals surface area contributed by atoms with E-state index in [1.165, 1.54) is 16.8 Å². The lowest BCUT2D eigenvalue weighted by Gasteiger charge is -2.18. The predicted molar refractivity (Wildman–Crippen MR) is 65.0 cm³/mol. The number of ether oxygens (including phenoxy) is 1. The summed E-state index contributed by atoms with van der Waals surface area (Å²) in [6.07, 6.45) is 1.11. The lowest BCUT2D eigenvalue weighted by molar-refractivity contribution is -0.00276. The van der Waals surface area contributed by atoms with Crippen LogP contribution in [0.2, 0.25) is 0 Å². The maximum atomic E-state index is 11.8. The Balaban J connectivity index is 2.19. The highest BCUT2D eigenvalue weighted by Crippen LogP contribution is 2.21. The summed E-state index contributed by atoms with van der Waals surface area (Å²) in [7, 11) is 0. The van der Waals surface area contributed by atoms with Gasteiger partial charge in [0, 0.05) is 12.6 Å². The van der Waals surface area contributed by atoms with Crippen LogP contribution in [0, 0.1) is 0 Å². The summed E-state index contributed by atoms with van der Waals surface area (Å²) < 4.78 is 6.79. The molecular formula is C11H17N3O5. The number of aliphatic hydroxyl groups is 2. The molecule has 1 unspecified atom stereocenters. The first-order chi connectivity index (χ1) is 9.13. The molecule has 3 atom stereocenters. The van der Waals surface area contributed by atoms with Crippen LogP contribution in [0.1, 0.15) is 18.9 Å². The first kappa shape index (κ1) is 13.9. The van der Waals surface area contributed by atoms with Gasteiger partial charge in [-0.25, -0.2) is 4.79 Å². The van der Waals surface area contributed by atoms with E-state index in [1.807, 2.05) is 0 Å². The maximum Gasteiger partial charge on any atom is 0.349 e. The van der Waals surface area contributed by atoms with Crippen LogP contribution >= 0.6 is 0 Å². The largest absolute Gasteiger partial charge is 0.394 e. The van der Waals surface area contributed by atoms with E-state index in [-0.39, 0.29) is 25.1 Å². The average molecular weight is 271 g/mol. The van der Waals surface area contributed by atoms with E-state index in [2.05, 4.69) is 4.98 Å².